The van der Waals surface area contributed by atoms with Crippen molar-refractivity contribution in [2.24, 2.45) is 5.10 Å². The number of rotatable bonds is 6. The van der Waals surface area contributed by atoms with Crippen molar-refractivity contribution in [3.05, 3.63) is 46.3 Å². The Morgan fingerprint density at radius 3 is 2.73 bits per heavy atom. The second kappa shape index (κ2) is 8.82. The Morgan fingerprint density at radius 2 is 2.00 bits per heavy atom. The van der Waals surface area contributed by atoms with E-state index in [4.69, 9.17) is 9.47 Å². The van der Waals surface area contributed by atoms with Crippen molar-refractivity contribution in [1.82, 2.24) is 5.43 Å². The lowest BCUT2D eigenvalue weighted by molar-refractivity contribution is -0.123. The van der Waals surface area contributed by atoms with E-state index in [-0.39, 0.29) is 12.5 Å². The molecule has 2 aromatic rings. The van der Waals surface area contributed by atoms with Crippen LogP contribution in [0.3, 0.4) is 0 Å². The van der Waals surface area contributed by atoms with Gasteiger partial charge in [-0.3, -0.25) is 4.79 Å². The van der Waals surface area contributed by atoms with E-state index < -0.39 is 0 Å². The maximum Gasteiger partial charge on any atom is 0.277 e. The second-order valence-corrected chi connectivity index (χ2v) is 7.27. The molecule has 0 unspecified atom stereocenters. The molecular formula is C19H23N3O3S. The van der Waals surface area contributed by atoms with Gasteiger partial charge in [0.25, 0.3) is 5.91 Å². The van der Waals surface area contributed by atoms with Crippen molar-refractivity contribution in [3.8, 4) is 5.75 Å². The Balaban J connectivity index is 1.46. The summed E-state index contributed by atoms with van der Waals surface area (Å²) < 4.78 is 10.9. The van der Waals surface area contributed by atoms with Gasteiger partial charge in [-0.2, -0.15) is 5.10 Å². The molecule has 2 heterocycles. The van der Waals surface area contributed by atoms with Crippen molar-refractivity contribution in [3.63, 3.8) is 0 Å². The van der Waals surface area contributed by atoms with Gasteiger partial charge in [0.1, 0.15) is 5.75 Å². The summed E-state index contributed by atoms with van der Waals surface area (Å²) in [4.78, 5) is 15.1. The molecule has 0 radical (unpaired) electrons. The molecule has 1 fully saturated rings. The summed E-state index contributed by atoms with van der Waals surface area (Å²) >= 11 is 1.64. The molecule has 1 amide bonds. The molecule has 6 nitrogen and oxygen atoms in total. The van der Waals surface area contributed by atoms with E-state index >= 15 is 0 Å². The largest absolute Gasteiger partial charge is 0.484 e. The van der Waals surface area contributed by atoms with Gasteiger partial charge in [0.15, 0.2) is 6.61 Å². The zero-order valence-corrected chi connectivity index (χ0v) is 15.8. The molecule has 138 valence electrons. The predicted molar refractivity (Wildman–Crippen MR) is 104 cm³/mol. The molecule has 7 heteroatoms. The van der Waals surface area contributed by atoms with E-state index in [9.17, 15) is 4.79 Å². The van der Waals surface area contributed by atoms with Crippen LogP contribution in [0.25, 0.3) is 0 Å². The molecular weight excluding hydrogens is 350 g/mol. The smallest absolute Gasteiger partial charge is 0.277 e. The Kier molecular flexibility index (Phi) is 6.25. The van der Waals surface area contributed by atoms with Gasteiger partial charge in [0.2, 0.25) is 0 Å². The van der Waals surface area contributed by atoms with E-state index in [2.05, 4.69) is 27.6 Å². The van der Waals surface area contributed by atoms with E-state index in [1.54, 1.807) is 17.6 Å². The van der Waals surface area contributed by atoms with Crippen molar-refractivity contribution in [1.29, 1.82) is 0 Å². The fourth-order valence-electron chi connectivity index (χ4n) is 2.73. The van der Waals surface area contributed by atoms with Crippen molar-refractivity contribution < 1.29 is 14.3 Å². The molecule has 0 aliphatic carbocycles. The van der Waals surface area contributed by atoms with Crippen LogP contribution in [0.5, 0.6) is 5.75 Å². The van der Waals surface area contributed by atoms with Crippen molar-refractivity contribution in [2.45, 2.75) is 13.8 Å². The maximum absolute atomic E-state index is 11.9. The zero-order valence-electron chi connectivity index (χ0n) is 15.0. The number of nitrogens with zero attached hydrogens (tertiary/aromatic N) is 2. The topological polar surface area (TPSA) is 63.2 Å². The third kappa shape index (κ3) is 5.31. The predicted octanol–water partition coefficient (Wildman–Crippen LogP) is 2.73. The molecule has 1 aliphatic heterocycles. The second-order valence-electron chi connectivity index (χ2n) is 6.18. The van der Waals surface area contributed by atoms with Gasteiger partial charge < -0.3 is 14.4 Å². The first-order valence-corrected chi connectivity index (χ1v) is 9.37. The van der Waals surface area contributed by atoms with Crippen LogP contribution < -0.4 is 15.1 Å². The number of morpholine rings is 1. The number of hydrogen-bond acceptors (Lipinski definition) is 6. The monoisotopic (exact) mass is 373 g/mol. The lowest BCUT2D eigenvalue weighted by Gasteiger charge is -2.27. The average molecular weight is 373 g/mol. The Labute approximate surface area is 157 Å². The summed E-state index contributed by atoms with van der Waals surface area (Å²) in [5.74, 6) is 0.403. The molecule has 1 aliphatic rings. The Hall–Kier alpha value is -2.38. The highest BCUT2D eigenvalue weighted by molar-refractivity contribution is 7.17. The fourth-order valence-corrected chi connectivity index (χ4v) is 3.66. The SMILES string of the molecule is Cc1cc(C)cc(OCC(=O)N/N=C/c2ccc(N3CCOCC3)s2)c1. The molecule has 1 aromatic carbocycles. The number of ether oxygens (including phenoxy) is 2. The number of hydrogen-bond donors (Lipinski definition) is 1. The molecule has 1 saturated heterocycles. The van der Waals surface area contributed by atoms with Crippen LogP contribution in [-0.2, 0) is 9.53 Å². The van der Waals surface area contributed by atoms with Gasteiger partial charge in [-0.15, -0.1) is 11.3 Å². The van der Waals surface area contributed by atoms with Gasteiger partial charge in [0.05, 0.1) is 24.4 Å². The maximum atomic E-state index is 11.9. The van der Waals surface area contributed by atoms with Crippen LogP contribution in [0.2, 0.25) is 0 Å². The van der Waals surface area contributed by atoms with Crippen molar-refractivity contribution in [2.75, 3.05) is 37.8 Å². The number of aryl methyl sites for hydroxylation is 2. The van der Waals surface area contributed by atoms with E-state index in [1.807, 2.05) is 32.0 Å². The number of nitrogens with one attached hydrogen (secondary N) is 1. The van der Waals surface area contributed by atoms with E-state index in [0.717, 1.165) is 42.3 Å². The average Bonchev–Trinajstić information content (AvgIpc) is 3.09. The minimum Gasteiger partial charge on any atom is -0.484 e. The van der Waals surface area contributed by atoms with E-state index in [0.29, 0.717) is 5.75 Å². The van der Waals surface area contributed by atoms with Gasteiger partial charge in [0, 0.05) is 18.0 Å². The number of benzene rings is 1. The normalized spacial score (nSPS) is 14.6. The summed E-state index contributed by atoms with van der Waals surface area (Å²) in [5.41, 5.74) is 4.71. The third-order valence-electron chi connectivity index (χ3n) is 3.88. The lowest BCUT2D eigenvalue weighted by atomic mass is 10.1. The van der Waals surface area contributed by atoms with Gasteiger partial charge in [-0.1, -0.05) is 6.07 Å². The highest BCUT2D eigenvalue weighted by atomic mass is 32.1. The Bertz CT molecular complexity index is 762. The first kappa shape index (κ1) is 18.4. The molecule has 1 aromatic heterocycles. The first-order valence-electron chi connectivity index (χ1n) is 8.56. The number of carbonyl (C=O) groups excluding carboxylic acids is 1. The van der Waals surface area contributed by atoms with Crippen LogP contribution in [-0.4, -0.2) is 45.0 Å². The number of hydrazone groups is 1. The van der Waals surface area contributed by atoms with Crippen LogP contribution in [0.4, 0.5) is 5.00 Å². The summed E-state index contributed by atoms with van der Waals surface area (Å²) in [5, 5.41) is 5.20. The summed E-state index contributed by atoms with van der Waals surface area (Å²) in [7, 11) is 0. The number of anilines is 1. The van der Waals surface area contributed by atoms with Crippen LogP contribution >= 0.6 is 11.3 Å². The third-order valence-corrected chi connectivity index (χ3v) is 4.96. The first-order chi connectivity index (χ1) is 12.6. The fraction of sp³-hybridized carbons (Fsp3) is 0.368. The summed E-state index contributed by atoms with van der Waals surface area (Å²) in [6.07, 6.45) is 1.66. The highest BCUT2D eigenvalue weighted by Gasteiger charge is 2.12. The van der Waals surface area contributed by atoms with E-state index in [1.165, 1.54) is 5.00 Å². The quantitative estimate of drug-likeness (QED) is 0.625. The molecule has 3 rings (SSSR count). The van der Waals surface area contributed by atoms with Gasteiger partial charge in [-0.05, 0) is 49.2 Å². The van der Waals surface area contributed by atoms with Gasteiger partial charge >= 0.3 is 0 Å². The molecule has 0 atom stereocenters. The molecule has 0 spiro atoms. The summed E-state index contributed by atoms with van der Waals surface area (Å²) in [6, 6.07) is 9.94. The number of thiophene rings is 1. The minimum absolute atomic E-state index is 0.0658. The van der Waals surface area contributed by atoms with Crippen LogP contribution in [0.1, 0.15) is 16.0 Å². The van der Waals surface area contributed by atoms with Crippen molar-refractivity contribution >= 4 is 28.5 Å². The molecule has 26 heavy (non-hydrogen) atoms. The minimum atomic E-state index is -0.287. The highest BCUT2D eigenvalue weighted by Crippen LogP contribution is 2.25. The molecule has 1 N–H and O–H groups in total. The zero-order chi connectivity index (χ0) is 18.4. The molecule has 0 bridgehead atoms. The number of carbonyl (C=O) groups is 1. The number of amides is 1. The lowest BCUT2D eigenvalue weighted by Crippen LogP contribution is -2.35. The summed E-state index contributed by atoms with van der Waals surface area (Å²) in [6.45, 7) is 7.26. The Morgan fingerprint density at radius 1 is 1.27 bits per heavy atom. The standard InChI is InChI=1S/C19H23N3O3S/c1-14-9-15(2)11-16(10-14)25-13-18(23)21-20-12-17-3-4-19(26-17)22-5-7-24-8-6-22/h3-4,9-12H,5-8,13H2,1-2H3,(H,21,23)/b20-12+. The van der Waals surface area contributed by atoms with Gasteiger partial charge in [-0.25, -0.2) is 5.43 Å². The van der Waals surface area contributed by atoms with Crippen LogP contribution in [0.15, 0.2) is 35.4 Å². The molecule has 0 saturated carbocycles. The van der Waals surface area contributed by atoms with Crippen LogP contribution in [0, 0.1) is 13.8 Å².